The number of benzene rings is 4. The van der Waals surface area contributed by atoms with E-state index in [1.54, 1.807) is 68.8 Å². The summed E-state index contributed by atoms with van der Waals surface area (Å²) in [7, 11) is -1.00. The monoisotopic (exact) mass is 631 g/mol. The van der Waals surface area contributed by atoms with Gasteiger partial charge in [0.2, 0.25) is 5.91 Å². The quantitative estimate of drug-likeness (QED) is 0.192. The van der Waals surface area contributed by atoms with Crippen LogP contribution in [0.1, 0.15) is 6.42 Å². The van der Waals surface area contributed by atoms with E-state index in [0.717, 1.165) is 5.22 Å². The summed E-state index contributed by atoms with van der Waals surface area (Å²) in [6, 6.07) is 25.8. The van der Waals surface area contributed by atoms with Crippen molar-refractivity contribution in [2.24, 2.45) is 4.99 Å². The summed E-state index contributed by atoms with van der Waals surface area (Å²) >= 11 is 6.14. The second-order valence-electron chi connectivity index (χ2n) is 9.65. The second-order valence-corrected chi connectivity index (χ2v) is 11.7. The van der Waals surface area contributed by atoms with Crippen molar-refractivity contribution < 1.29 is 22.7 Å². The van der Waals surface area contributed by atoms with E-state index in [9.17, 15) is 13.2 Å². The zero-order chi connectivity index (χ0) is 31.1. The minimum Gasteiger partial charge on any atom is -0.497 e. The third-order valence-corrected chi connectivity index (χ3v) is 8.31. The van der Waals surface area contributed by atoms with Gasteiger partial charge in [-0.05, 0) is 41.6 Å². The summed E-state index contributed by atoms with van der Waals surface area (Å²) in [5.41, 5.74) is 1.84. The van der Waals surface area contributed by atoms with Crippen molar-refractivity contribution >= 4 is 50.7 Å². The number of hydrogen-bond donors (Lipinski definition) is 4. The normalized spacial score (nSPS) is 12.5. The lowest BCUT2D eigenvalue weighted by Gasteiger charge is -2.16. The van der Waals surface area contributed by atoms with Crippen LogP contribution < -0.4 is 40.7 Å². The molecule has 4 aromatic carbocycles. The van der Waals surface area contributed by atoms with E-state index in [2.05, 4.69) is 20.7 Å². The maximum Gasteiger partial charge on any atom is 0.261 e. The predicted octanol–water partition coefficient (Wildman–Crippen LogP) is 4.47. The van der Waals surface area contributed by atoms with E-state index in [1.807, 2.05) is 30.3 Å². The molecule has 10 nitrogen and oxygen atoms in total. The number of methoxy groups -OCH3 is 2. The maximum absolute atomic E-state index is 13.7. The molecule has 0 radical (unpaired) electrons. The van der Waals surface area contributed by atoms with Gasteiger partial charge in [-0.1, -0.05) is 54.1 Å². The van der Waals surface area contributed by atoms with Gasteiger partial charge in [0.1, 0.15) is 11.5 Å². The highest BCUT2D eigenvalue weighted by Crippen LogP contribution is 2.28. The van der Waals surface area contributed by atoms with Crippen LogP contribution in [0.2, 0.25) is 5.02 Å². The fourth-order valence-corrected chi connectivity index (χ4v) is 5.78. The predicted molar refractivity (Wildman–Crippen MR) is 172 cm³/mol. The molecule has 12 heteroatoms. The molecule has 0 saturated heterocycles. The van der Waals surface area contributed by atoms with Crippen LogP contribution >= 0.6 is 11.6 Å². The van der Waals surface area contributed by atoms with Gasteiger partial charge >= 0.3 is 0 Å². The van der Waals surface area contributed by atoms with Gasteiger partial charge in [0.25, 0.3) is 10.0 Å². The number of nitrogens with zero attached hydrogens (tertiary/aromatic N) is 1. The lowest BCUT2D eigenvalue weighted by molar-refractivity contribution is -0.114. The number of sulfonamides is 1. The average molecular weight is 632 g/mol. The highest BCUT2D eigenvalue weighted by Gasteiger charge is 2.20. The minimum absolute atomic E-state index is 0.0361. The van der Waals surface area contributed by atoms with Crippen LogP contribution in [-0.2, 0) is 14.8 Å². The highest BCUT2D eigenvalue weighted by molar-refractivity contribution is 7.89. The van der Waals surface area contributed by atoms with E-state index in [4.69, 9.17) is 26.1 Å². The first-order valence-electron chi connectivity index (χ1n) is 13.5. The standard InChI is InChI=1S/C32H30ClN5O5S/c1-42-24-16-23(17-25(19-24)43-2)36-32-30(15-14-21-8-3-5-12-28(21)37-32)38-44(40,41)26-10-7-9-22(18-26)35-31(39)20-34-29-13-6-4-11-27(29)33/h3-14,16-19,34,36,38H,15,20H2,1-2H3,(H,35,39). The molecule has 0 aliphatic carbocycles. The Balaban J connectivity index is 1.41. The van der Waals surface area contributed by atoms with Crippen LogP contribution in [0.15, 0.2) is 112 Å². The van der Waals surface area contributed by atoms with Crippen molar-refractivity contribution in [1.82, 2.24) is 4.72 Å². The molecule has 4 N–H and O–H groups in total. The number of para-hydroxylation sites is 2. The Bertz CT molecular complexity index is 1940. The summed E-state index contributed by atoms with van der Waals surface area (Å²) in [5, 5.41) is 10.9. The Morgan fingerprint density at radius 1 is 0.886 bits per heavy atom. The highest BCUT2D eigenvalue weighted by atomic mass is 35.5. The van der Waals surface area contributed by atoms with Crippen LogP contribution in [0.4, 0.5) is 17.1 Å². The van der Waals surface area contributed by atoms with Gasteiger partial charge < -0.3 is 25.4 Å². The molecular weight excluding hydrogens is 602 g/mol. The SMILES string of the molecule is COc1cc(NC2=C(NS(=O)(=O)c3cccc(NC(=O)CNc4ccccc4Cl)c3)CC=c3ccccc3=N2)cc(OC)c1. The Labute approximate surface area is 260 Å². The average Bonchev–Trinajstić information content (AvgIpc) is 3.19. The molecule has 1 aliphatic rings. The molecule has 4 aromatic rings. The van der Waals surface area contributed by atoms with Crippen LogP contribution in [-0.4, -0.2) is 35.1 Å². The van der Waals surface area contributed by atoms with Crippen molar-refractivity contribution in [3.8, 4) is 11.5 Å². The Kier molecular flexibility index (Phi) is 9.37. The summed E-state index contributed by atoms with van der Waals surface area (Å²) in [6.07, 6.45) is 2.15. The molecule has 0 aromatic heterocycles. The fourth-order valence-electron chi connectivity index (χ4n) is 4.42. The van der Waals surface area contributed by atoms with E-state index < -0.39 is 10.0 Å². The van der Waals surface area contributed by atoms with Crippen LogP contribution in [0, 0.1) is 0 Å². The van der Waals surface area contributed by atoms with Gasteiger partial charge in [-0.25, -0.2) is 13.4 Å². The zero-order valence-corrected chi connectivity index (χ0v) is 25.5. The third kappa shape index (κ3) is 7.49. The first kappa shape index (κ1) is 30.5. The largest absolute Gasteiger partial charge is 0.497 e. The number of anilines is 3. The van der Waals surface area contributed by atoms with Gasteiger partial charge in [0.15, 0.2) is 5.82 Å². The number of amides is 1. The first-order valence-corrected chi connectivity index (χ1v) is 15.4. The molecule has 1 heterocycles. The number of fused-ring (bicyclic) bond motifs is 1. The molecule has 0 fully saturated rings. The van der Waals surface area contributed by atoms with Gasteiger partial charge in [-0.3, -0.25) is 9.52 Å². The summed E-state index contributed by atoms with van der Waals surface area (Å²) in [4.78, 5) is 17.3. The number of nitrogens with one attached hydrogen (secondary N) is 4. The van der Waals surface area contributed by atoms with Crippen molar-refractivity contribution in [1.29, 1.82) is 0 Å². The number of rotatable bonds is 11. The number of ether oxygens (including phenoxy) is 2. The molecule has 0 saturated carbocycles. The topological polar surface area (TPSA) is 130 Å². The Hall–Kier alpha value is -5.00. The molecule has 44 heavy (non-hydrogen) atoms. The fraction of sp³-hybridized carbons (Fsp3) is 0.125. The minimum atomic E-state index is -4.10. The molecule has 0 spiro atoms. The second kappa shape index (κ2) is 13.5. The maximum atomic E-state index is 13.7. The van der Waals surface area contributed by atoms with Gasteiger partial charge in [-0.15, -0.1) is 0 Å². The number of hydrogen-bond acceptors (Lipinski definition) is 8. The van der Waals surface area contributed by atoms with Gasteiger partial charge in [-0.2, -0.15) is 0 Å². The lowest BCUT2D eigenvalue weighted by Crippen LogP contribution is -2.26. The van der Waals surface area contributed by atoms with Crippen LogP contribution in [0.25, 0.3) is 6.08 Å². The van der Waals surface area contributed by atoms with Gasteiger partial charge in [0, 0.05) is 36.0 Å². The summed E-state index contributed by atoms with van der Waals surface area (Å²) in [6.45, 7) is -0.0617. The molecule has 5 rings (SSSR count). The van der Waals surface area contributed by atoms with Crippen molar-refractivity contribution in [3.05, 3.63) is 118 Å². The van der Waals surface area contributed by atoms with Crippen molar-refractivity contribution in [2.75, 3.05) is 36.7 Å². The van der Waals surface area contributed by atoms with E-state index in [-0.39, 0.29) is 23.8 Å². The van der Waals surface area contributed by atoms with Crippen LogP contribution in [0.3, 0.4) is 0 Å². The number of carbonyl (C=O) groups is 1. The van der Waals surface area contributed by atoms with Crippen molar-refractivity contribution in [3.63, 3.8) is 0 Å². The molecule has 0 unspecified atom stereocenters. The molecule has 226 valence electrons. The molecule has 1 aliphatic heterocycles. The van der Waals surface area contributed by atoms with Crippen LogP contribution in [0.5, 0.6) is 11.5 Å². The van der Waals surface area contributed by atoms with Crippen molar-refractivity contribution in [2.45, 2.75) is 11.3 Å². The molecular formula is C32H30ClN5O5S. The third-order valence-electron chi connectivity index (χ3n) is 6.59. The molecule has 0 atom stereocenters. The van der Waals surface area contributed by atoms with Gasteiger partial charge in [0.05, 0.1) is 47.4 Å². The Morgan fingerprint density at radius 2 is 1.61 bits per heavy atom. The molecule has 1 amide bonds. The summed E-state index contributed by atoms with van der Waals surface area (Å²) < 4.78 is 40.8. The number of carbonyl (C=O) groups excluding carboxylic acids is 1. The zero-order valence-electron chi connectivity index (χ0n) is 23.9. The molecule has 0 bridgehead atoms. The number of halogens is 1. The lowest BCUT2D eigenvalue weighted by atomic mass is 10.2. The van der Waals surface area contributed by atoms with E-state index in [0.29, 0.717) is 50.5 Å². The van der Waals surface area contributed by atoms with E-state index >= 15 is 0 Å². The van der Waals surface area contributed by atoms with E-state index in [1.165, 1.54) is 12.1 Å². The number of allylic oxidation sites excluding steroid dienone is 1. The Morgan fingerprint density at radius 3 is 2.36 bits per heavy atom. The smallest absolute Gasteiger partial charge is 0.261 e. The first-order chi connectivity index (χ1) is 21.2. The summed E-state index contributed by atoms with van der Waals surface area (Å²) in [5.74, 6) is 1.04.